The lowest BCUT2D eigenvalue weighted by Gasteiger charge is -2.19. The molecule has 0 fully saturated rings. The van der Waals surface area contributed by atoms with Crippen molar-refractivity contribution in [3.05, 3.63) is 42.0 Å². The molecule has 0 aliphatic heterocycles. The number of hydrogen-bond donors (Lipinski definition) is 1. The van der Waals surface area contributed by atoms with Crippen molar-refractivity contribution < 1.29 is 6.16 Å². The molecule has 27 heavy (non-hydrogen) atoms. The van der Waals surface area contributed by atoms with Gasteiger partial charge in [-0.2, -0.15) is 0 Å². The molecule has 144 valence electrons. The Hall–Kier alpha value is -2.96. The lowest BCUT2D eigenvalue weighted by molar-refractivity contribution is 0.396. The molecule has 3 rings (SSSR count). The third-order valence-electron chi connectivity index (χ3n) is 4.63. The third kappa shape index (κ3) is 4.07. The highest BCUT2D eigenvalue weighted by Crippen LogP contribution is 2.26. The van der Waals surface area contributed by atoms with E-state index < -0.39 is 0 Å². The fourth-order valence-electron chi connectivity index (χ4n) is 2.61. The molecule has 0 radical (unpaired) electrons. The number of nitrogens with one attached hydrogen (secondary N) is 1. The van der Waals surface area contributed by atoms with E-state index in [9.17, 15) is 0 Å². The fourth-order valence-corrected chi connectivity index (χ4v) is 2.61. The van der Waals surface area contributed by atoms with E-state index in [1.165, 1.54) is 0 Å². The SMILES string of the molecule is COc1nc(-c2cc(C)c(N[C@@H](C)C(C)C)nn2)ccc1-n1cnc(C)c1.[HH]. The van der Waals surface area contributed by atoms with Gasteiger partial charge < -0.3 is 14.6 Å². The molecule has 0 aliphatic rings. The number of aromatic nitrogens is 5. The van der Waals surface area contributed by atoms with Gasteiger partial charge >= 0.3 is 0 Å². The molecular formula is C20H28N6O. The van der Waals surface area contributed by atoms with Crippen LogP contribution >= 0.6 is 0 Å². The van der Waals surface area contributed by atoms with Crippen molar-refractivity contribution in [1.29, 1.82) is 0 Å². The van der Waals surface area contributed by atoms with E-state index in [2.05, 4.69) is 46.3 Å². The van der Waals surface area contributed by atoms with Crippen molar-refractivity contribution in [2.24, 2.45) is 5.92 Å². The second-order valence-corrected chi connectivity index (χ2v) is 7.09. The molecular weight excluding hydrogens is 340 g/mol. The molecule has 0 bridgehead atoms. The summed E-state index contributed by atoms with van der Waals surface area (Å²) in [6.07, 6.45) is 3.67. The zero-order valence-electron chi connectivity index (χ0n) is 16.7. The standard InChI is InChI=1S/C20H26N6O.H2/c1-12(2)15(5)22-19-13(3)9-17(24-25-19)16-7-8-18(20(23-16)27-6)26-10-14(4)21-11-26;/h7-12,15H,1-6H3,(H,22,25);1H/t15-;/m0./s1. The van der Waals surface area contributed by atoms with Gasteiger partial charge in [0.25, 0.3) is 0 Å². The molecule has 3 aromatic rings. The van der Waals surface area contributed by atoms with E-state index in [1.54, 1.807) is 13.4 Å². The van der Waals surface area contributed by atoms with Crippen molar-refractivity contribution in [3.63, 3.8) is 0 Å². The molecule has 0 saturated heterocycles. The minimum Gasteiger partial charge on any atom is -0.479 e. The van der Waals surface area contributed by atoms with Crippen molar-refractivity contribution in [1.82, 2.24) is 24.7 Å². The summed E-state index contributed by atoms with van der Waals surface area (Å²) in [7, 11) is 1.61. The Morgan fingerprint density at radius 3 is 2.48 bits per heavy atom. The van der Waals surface area contributed by atoms with Crippen LogP contribution < -0.4 is 10.1 Å². The predicted octanol–water partition coefficient (Wildman–Crippen LogP) is 4.05. The van der Waals surface area contributed by atoms with Gasteiger partial charge in [0.1, 0.15) is 11.4 Å². The van der Waals surface area contributed by atoms with Crippen LogP contribution in [-0.2, 0) is 0 Å². The minimum absolute atomic E-state index is 0. The largest absolute Gasteiger partial charge is 0.479 e. The smallest absolute Gasteiger partial charge is 0.238 e. The molecule has 1 N–H and O–H groups in total. The van der Waals surface area contributed by atoms with Gasteiger partial charge in [-0.1, -0.05) is 13.8 Å². The summed E-state index contributed by atoms with van der Waals surface area (Å²) in [5, 5.41) is 12.1. The summed E-state index contributed by atoms with van der Waals surface area (Å²) < 4.78 is 7.37. The maximum Gasteiger partial charge on any atom is 0.238 e. The van der Waals surface area contributed by atoms with E-state index in [0.717, 1.165) is 22.8 Å². The van der Waals surface area contributed by atoms with Crippen LogP contribution in [0.5, 0.6) is 5.88 Å². The monoisotopic (exact) mass is 368 g/mol. The summed E-state index contributed by atoms with van der Waals surface area (Å²) in [4.78, 5) is 8.87. The number of nitrogens with zero attached hydrogens (tertiary/aromatic N) is 5. The van der Waals surface area contributed by atoms with Gasteiger partial charge in [-0.3, -0.25) is 0 Å². The number of anilines is 1. The van der Waals surface area contributed by atoms with Crippen LogP contribution in [0.25, 0.3) is 17.1 Å². The van der Waals surface area contributed by atoms with Gasteiger partial charge in [0.15, 0.2) is 5.82 Å². The van der Waals surface area contributed by atoms with E-state index in [-0.39, 0.29) is 1.43 Å². The number of hydrogen-bond acceptors (Lipinski definition) is 6. The van der Waals surface area contributed by atoms with Crippen molar-refractivity contribution >= 4 is 5.82 Å². The average molecular weight is 368 g/mol. The minimum atomic E-state index is 0. The normalized spacial score (nSPS) is 12.3. The highest BCUT2D eigenvalue weighted by Gasteiger charge is 2.14. The average Bonchev–Trinajstić information content (AvgIpc) is 3.08. The number of imidazole rings is 1. The Morgan fingerprint density at radius 2 is 1.89 bits per heavy atom. The number of aryl methyl sites for hydroxylation is 2. The van der Waals surface area contributed by atoms with Crippen LogP contribution in [0.3, 0.4) is 0 Å². The van der Waals surface area contributed by atoms with Crippen LogP contribution in [-0.4, -0.2) is 37.9 Å². The first-order valence-corrected chi connectivity index (χ1v) is 9.06. The van der Waals surface area contributed by atoms with Crippen molar-refractivity contribution in [3.8, 4) is 23.0 Å². The first kappa shape index (κ1) is 18.8. The van der Waals surface area contributed by atoms with Crippen molar-refractivity contribution in [2.45, 2.75) is 40.7 Å². The van der Waals surface area contributed by atoms with Gasteiger partial charge in [-0.25, -0.2) is 9.97 Å². The van der Waals surface area contributed by atoms with Crippen molar-refractivity contribution in [2.75, 3.05) is 12.4 Å². The predicted molar refractivity (Wildman–Crippen MR) is 108 cm³/mol. The molecule has 3 heterocycles. The Balaban J connectivity index is 0.00000280. The Labute approximate surface area is 161 Å². The quantitative estimate of drug-likeness (QED) is 0.707. The van der Waals surface area contributed by atoms with Crippen LogP contribution in [0.15, 0.2) is 30.7 Å². The topological polar surface area (TPSA) is 77.8 Å². The maximum atomic E-state index is 5.48. The first-order chi connectivity index (χ1) is 12.9. The van der Waals surface area contributed by atoms with E-state index in [0.29, 0.717) is 29.2 Å². The molecule has 3 aromatic heterocycles. The van der Waals surface area contributed by atoms with E-state index >= 15 is 0 Å². The molecule has 0 unspecified atom stereocenters. The highest BCUT2D eigenvalue weighted by molar-refractivity contribution is 5.61. The second-order valence-electron chi connectivity index (χ2n) is 7.09. The third-order valence-corrected chi connectivity index (χ3v) is 4.63. The summed E-state index contributed by atoms with van der Waals surface area (Å²) in [5.74, 6) is 1.83. The van der Waals surface area contributed by atoms with Crippen LogP contribution in [0, 0.1) is 19.8 Å². The summed E-state index contributed by atoms with van der Waals surface area (Å²) in [6.45, 7) is 10.5. The molecule has 0 saturated carbocycles. The molecule has 0 spiro atoms. The molecule has 0 aromatic carbocycles. The Kier molecular flexibility index (Phi) is 5.39. The number of ether oxygens (including phenoxy) is 1. The Bertz CT molecular complexity index is 940. The first-order valence-electron chi connectivity index (χ1n) is 9.06. The second kappa shape index (κ2) is 7.73. The summed E-state index contributed by atoms with van der Waals surface area (Å²) in [5.41, 5.74) is 4.22. The zero-order chi connectivity index (χ0) is 19.6. The fraction of sp³-hybridized carbons (Fsp3) is 0.400. The highest BCUT2D eigenvalue weighted by atomic mass is 16.5. The lowest BCUT2D eigenvalue weighted by Crippen LogP contribution is -2.23. The Morgan fingerprint density at radius 1 is 1.11 bits per heavy atom. The van der Waals surface area contributed by atoms with Gasteiger partial charge in [-0.05, 0) is 50.5 Å². The van der Waals surface area contributed by atoms with Crippen LogP contribution in [0.4, 0.5) is 5.82 Å². The summed E-state index contributed by atoms with van der Waals surface area (Å²) in [6, 6.07) is 6.18. The number of pyridine rings is 1. The molecule has 7 nitrogen and oxygen atoms in total. The number of rotatable bonds is 6. The van der Waals surface area contributed by atoms with Gasteiger partial charge in [0, 0.05) is 13.7 Å². The van der Waals surface area contributed by atoms with Crippen LogP contribution in [0.2, 0.25) is 0 Å². The van der Waals surface area contributed by atoms with E-state index in [1.807, 2.05) is 42.8 Å². The molecule has 0 amide bonds. The number of methoxy groups -OCH3 is 1. The van der Waals surface area contributed by atoms with Gasteiger partial charge in [0.2, 0.25) is 5.88 Å². The van der Waals surface area contributed by atoms with Gasteiger partial charge in [-0.15, -0.1) is 10.2 Å². The van der Waals surface area contributed by atoms with Crippen LogP contribution in [0.1, 0.15) is 33.5 Å². The molecule has 1 atom stereocenters. The zero-order valence-corrected chi connectivity index (χ0v) is 16.7. The lowest BCUT2D eigenvalue weighted by atomic mass is 10.1. The molecule has 0 aliphatic carbocycles. The maximum absolute atomic E-state index is 5.48. The summed E-state index contributed by atoms with van der Waals surface area (Å²) >= 11 is 0. The van der Waals surface area contributed by atoms with Gasteiger partial charge in [0.05, 0.1) is 24.8 Å². The van der Waals surface area contributed by atoms with E-state index in [4.69, 9.17) is 4.74 Å². The molecule has 7 heteroatoms.